The molecule has 0 saturated heterocycles. The molecule has 1 rings (SSSR count). The largest absolute Gasteiger partial charge is 0.209 e. The molecule has 3 heteroatoms. The van der Waals surface area contributed by atoms with Gasteiger partial charge in [0.15, 0.2) is 0 Å². The van der Waals surface area contributed by atoms with E-state index in [2.05, 4.69) is 25.0 Å². The lowest BCUT2D eigenvalue weighted by atomic mass is 10.1. The molecule has 2 nitrogen and oxygen atoms in total. The van der Waals surface area contributed by atoms with Gasteiger partial charge in [-0.05, 0) is 32.4 Å². The molecule has 11 heavy (non-hydrogen) atoms. The molecule has 1 atom stereocenters. The molecular formula is C8H12N2S. The maximum Gasteiger partial charge on any atom is 0.0937 e. The van der Waals surface area contributed by atoms with Gasteiger partial charge in [0.25, 0.3) is 0 Å². The van der Waals surface area contributed by atoms with Crippen LogP contribution in [0.25, 0.3) is 0 Å². The van der Waals surface area contributed by atoms with Crippen molar-refractivity contribution >= 4 is 11.3 Å². The minimum absolute atomic E-state index is 0.0277. The average molecular weight is 168 g/mol. The van der Waals surface area contributed by atoms with Crippen LogP contribution < -0.4 is 0 Å². The van der Waals surface area contributed by atoms with Gasteiger partial charge in [-0.25, -0.2) is 5.53 Å². The molecule has 1 aromatic rings. The summed E-state index contributed by atoms with van der Waals surface area (Å²) >= 11 is 1.77. The number of rotatable bonds is 2. The van der Waals surface area contributed by atoms with Crippen LogP contribution in [-0.4, -0.2) is 0 Å². The zero-order valence-corrected chi connectivity index (χ0v) is 7.83. The Morgan fingerprint density at radius 2 is 2.18 bits per heavy atom. The van der Waals surface area contributed by atoms with Crippen LogP contribution in [0.15, 0.2) is 11.2 Å². The summed E-state index contributed by atoms with van der Waals surface area (Å²) in [5.74, 6) is 0. The second kappa shape index (κ2) is 3.13. The van der Waals surface area contributed by atoms with Crippen molar-refractivity contribution in [1.29, 1.82) is 5.53 Å². The minimum atomic E-state index is 0.0277. The van der Waals surface area contributed by atoms with Gasteiger partial charge in [-0.3, -0.25) is 0 Å². The summed E-state index contributed by atoms with van der Waals surface area (Å²) in [5, 5.41) is 3.49. The van der Waals surface area contributed by atoms with Crippen LogP contribution in [-0.2, 0) is 0 Å². The fraction of sp³-hybridized carbons (Fsp3) is 0.500. The first-order chi connectivity index (χ1) is 5.15. The van der Waals surface area contributed by atoms with Crippen molar-refractivity contribution in [2.24, 2.45) is 5.11 Å². The van der Waals surface area contributed by atoms with Crippen LogP contribution in [0.5, 0.6) is 0 Å². The summed E-state index contributed by atoms with van der Waals surface area (Å²) in [6.07, 6.45) is 0. The van der Waals surface area contributed by atoms with E-state index in [9.17, 15) is 0 Å². The zero-order chi connectivity index (χ0) is 8.43. The van der Waals surface area contributed by atoms with E-state index in [1.165, 1.54) is 15.3 Å². The lowest BCUT2D eigenvalue weighted by Crippen LogP contribution is -1.86. The van der Waals surface area contributed by atoms with Gasteiger partial charge in [-0.2, -0.15) is 5.11 Å². The topological polar surface area (TPSA) is 36.2 Å². The van der Waals surface area contributed by atoms with E-state index in [4.69, 9.17) is 5.53 Å². The summed E-state index contributed by atoms with van der Waals surface area (Å²) in [6.45, 7) is 6.11. The number of nitrogens with zero attached hydrogens (tertiary/aromatic N) is 1. The Morgan fingerprint density at radius 3 is 2.55 bits per heavy atom. The molecular weight excluding hydrogens is 156 g/mol. The van der Waals surface area contributed by atoms with Crippen LogP contribution in [0.4, 0.5) is 0 Å². The molecule has 1 aromatic heterocycles. The van der Waals surface area contributed by atoms with Gasteiger partial charge >= 0.3 is 0 Å². The Hall–Kier alpha value is -0.700. The number of hydrogen-bond acceptors (Lipinski definition) is 3. The summed E-state index contributed by atoms with van der Waals surface area (Å²) in [5.41, 5.74) is 8.08. The highest BCUT2D eigenvalue weighted by molar-refractivity contribution is 7.12. The number of hydrogen-bond donors (Lipinski definition) is 1. The Bertz CT molecular complexity index is 265. The fourth-order valence-corrected chi connectivity index (χ4v) is 2.15. The molecule has 1 unspecified atom stereocenters. The normalized spacial score (nSPS) is 13.0. The van der Waals surface area contributed by atoms with Gasteiger partial charge in [-0.1, -0.05) is 0 Å². The molecule has 0 aliphatic rings. The monoisotopic (exact) mass is 168 g/mol. The third-order valence-electron chi connectivity index (χ3n) is 1.72. The number of aryl methyl sites for hydroxylation is 2. The maximum absolute atomic E-state index is 6.88. The average Bonchev–Trinajstić information content (AvgIpc) is 2.28. The molecule has 60 valence electrons. The lowest BCUT2D eigenvalue weighted by Gasteiger charge is -2.00. The van der Waals surface area contributed by atoms with Crippen LogP contribution in [0.2, 0.25) is 0 Å². The van der Waals surface area contributed by atoms with E-state index in [0.717, 1.165) is 0 Å². The second-order valence-electron chi connectivity index (χ2n) is 2.67. The summed E-state index contributed by atoms with van der Waals surface area (Å²) in [4.78, 5) is 2.58. The highest BCUT2D eigenvalue weighted by Crippen LogP contribution is 2.27. The highest BCUT2D eigenvalue weighted by atomic mass is 32.1. The molecule has 0 radical (unpaired) electrons. The van der Waals surface area contributed by atoms with Gasteiger partial charge in [0, 0.05) is 9.75 Å². The Kier molecular flexibility index (Phi) is 2.39. The Labute approximate surface area is 70.8 Å². The molecule has 0 amide bonds. The molecule has 0 saturated carbocycles. The van der Waals surface area contributed by atoms with Crippen molar-refractivity contribution in [2.45, 2.75) is 26.8 Å². The van der Waals surface area contributed by atoms with Crippen molar-refractivity contribution in [3.8, 4) is 0 Å². The summed E-state index contributed by atoms with van der Waals surface area (Å²) in [7, 11) is 0. The molecule has 1 heterocycles. The van der Waals surface area contributed by atoms with Crippen molar-refractivity contribution in [1.82, 2.24) is 0 Å². The van der Waals surface area contributed by atoms with Crippen molar-refractivity contribution in [3.05, 3.63) is 21.4 Å². The molecule has 0 aliphatic heterocycles. The van der Waals surface area contributed by atoms with Crippen LogP contribution in [0.3, 0.4) is 0 Å². The van der Waals surface area contributed by atoms with Gasteiger partial charge < -0.3 is 0 Å². The van der Waals surface area contributed by atoms with Crippen LogP contribution in [0, 0.1) is 19.4 Å². The number of thiophene rings is 1. The Balaban J connectivity index is 3.02. The number of nitrogens with one attached hydrogen (secondary N) is 1. The first-order valence-corrected chi connectivity index (χ1v) is 4.40. The molecule has 1 N–H and O–H groups in total. The van der Waals surface area contributed by atoms with E-state index in [1.54, 1.807) is 11.3 Å². The van der Waals surface area contributed by atoms with E-state index in [-0.39, 0.29) is 6.04 Å². The van der Waals surface area contributed by atoms with Crippen molar-refractivity contribution in [3.63, 3.8) is 0 Å². The second-order valence-corrected chi connectivity index (χ2v) is 4.13. The van der Waals surface area contributed by atoms with Crippen LogP contribution in [0.1, 0.15) is 28.3 Å². The molecule has 0 bridgehead atoms. The zero-order valence-electron chi connectivity index (χ0n) is 7.01. The summed E-state index contributed by atoms with van der Waals surface area (Å²) in [6, 6.07) is 2.14. The standard InChI is InChI=1S/C8H12N2S/c1-5-4-8(6(2)10-9)7(3)11-5/h4,6,9H,1-3H3. The smallest absolute Gasteiger partial charge is 0.0937 e. The quantitative estimate of drug-likeness (QED) is 0.656. The first kappa shape index (κ1) is 8.40. The van der Waals surface area contributed by atoms with E-state index in [1.807, 2.05) is 6.92 Å². The van der Waals surface area contributed by atoms with E-state index < -0.39 is 0 Å². The van der Waals surface area contributed by atoms with Gasteiger partial charge in [0.05, 0.1) is 6.04 Å². The fourth-order valence-electron chi connectivity index (χ4n) is 1.13. The van der Waals surface area contributed by atoms with Gasteiger partial charge in [-0.15, -0.1) is 11.3 Å². The SMILES string of the molecule is Cc1cc(C(C)N=N)c(C)s1. The third-order valence-corrected chi connectivity index (χ3v) is 2.70. The maximum atomic E-state index is 6.88. The molecule has 0 aliphatic carbocycles. The third kappa shape index (κ3) is 1.66. The Morgan fingerprint density at radius 1 is 1.55 bits per heavy atom. The van der Waals surface area contributed by atoms with Gasteiger partial charge in [0.2, 0.25) is 0 Å². The predicted molar refractivity (Wildman–Crippen MR) is 47.4 cm³/mol. The van der Waals surface area contributed by atoms with Gasteiger partial charge in [0.1, 0.15) is 0 Å². The highest BCUT2D eigenvalue weighted by Gasteiger charge is 2.08. The van der Waals surface area contributed by atoms with E-state index >= 15 is 0 Å². The summed E-state index contributed by atoms with van der Waals surface area (Å²) < 4.78 is 0. The van der Waals surface area contributed by atoms with E-state index in [0.29, 0.717) is 0 Å². The molecule has 0 fully saturated rings. The minimum Gasteiger partial charge on any atom is -0.209 e. The van der Waals surface area contributed by atoms with Crippen molar-refractivity contribution in [2.75, 3.05) is 0 Å². The first-order valence-electron chi connectivity index (χ1n) is 3.58. The predicted octanol–water partition coefficient (Wildman–Crippen LogP) is 3.46. The van der Waals surface area contributed by atoms with Crippen molar-refractivity contribution < 1.29 is 0 Å². The molecule has 0 spiro atoms. The molecule has 0 aromatic carbocycles. The van der Waals surface area contributed by atoms with Crippen LogP contribution >= 0.6 is 11.3 Å². The lowest BCUT2D eigenvalue weighted by molar-refractivity contribution is 0.732.